The average Bonchev–Trinajstić information content (AvgIpc) is 2.80. The van der Waals surface area contributed by atoms with Gasteiger partial charge in [0.05, 0.1) is 19.3 Å². The number of ether oxygens (including phenoxy) is 3. The first-order valence-electron chi connectivity index (χ1n) is 10.6. The zero-order chi connectivity index (χ0) is 21.0. The molecule has 0 atom stereocenters. The van der Waals surface area contributed by atoms with Crippen molar-refractivity contribution in [3.63, 3.8) is 0 Å². The smallest absolute Gasteiger partial charge is 0.193 e. The van der Waals surface area contributed by atoms with Gasteiger partial charge in [0.2, 0.25) is 0 Å². The Kier molecular flexibility index (Phi) is 11.7. The van der Waals surface area contributed by atoms with Crippen LogP contribution in [0.5, 0.6) is 5.75 Å². The van der Waals surface area contributed by atoms with Gasteiger partial charge in [-0.25, -0.2) is 0 Å². The summed E-state index contributed by atoms with van der Waals surface area (Å²) in [5.41, 5.74) is 2.40. The summed E-state index contributed by atoms with van der Waals surface area (Å²) in [6.07, 6.45) is 2.28. The Hall–Kier alpha value is -1.84. The molecule has 0 amide bonds. The van der Waals surface area contributed by atoms with Crippen molar-refractivity contribution in [3.8, 4) is 5.75 Å². The fourth-order valence-corrected chi connectivity index (χ4v) is 3.37. The maximum atomic E-state index is 6.04. The van der Waals surface area contributed by atoms with Crippen LogP contribution in [-0.4, -0.2) is 57.4 Å². The lowest BCUT2D eigenvalue weighted by Gasteiger charge is -2.23. The number of nitrogens with zero attached hydrogens (tertiary/aromatic N) is 2. The quantitative estimate of drug-likeness (QED) is 0.296. The number of aliphatic imine (C=N–C) groups is 1. The van der Waals surface area contributed by atoms with Gasteiger partial charge in [-0.05, 0) is 36.1 Å². The average molecular weight is 539 g/mol. The van der Waals surface area contributed by atoms with Crippen molar-refractivity contribution in [1.29, 1.82) is 0 Å². The highest BCUT2D eigenvalue weighted by Crippen LogP contribution is 2.14. The van der Waals surface area contributed by atoms with Crippen LogP contribution in [0.3, 0.4) is 0 Å². The van der Waals surface area contributed by atoms with Crippen molar-refractivity contribution in [1.82, 2.24) is 10.2 Å². The van der Waals surface area contributed by atoms with Crippen LogP contribution in [0.1, 0.15) is 24.0 Å². The molecule has 1 aliphatic rings. The molecular weight excluding hydrogens is 505 g/mol. The maximum Gasteiger partial charge on any atom is 0.193 e. The molecule has 0 bridgehead atoms. The van der Waals surface area contributed by atoms with Crippen LogP contribution < -0.4 is 10.1 Å². The van der Waals surface area contributed by atoms with Gasteiger partial charge in [0.1, 0.15) is 12.4 Å². The highest BCUT2D eigenvalue weighted by atomic mass is 127. The van der Waals surface area contributed by atoms with Crippen LogP contribution in [-0.2, 0) is 22.6 Å². The van der Waals surface area contributed by atoms with E-state index in [1.165, 1.54) is 11.1 Å². The van der Waals surface area contributed by atoms with Crippen molar-refractivity contribution >= 4 is 29.9 Å². The summed E-state index contributed by atoms with van der Waals surface area (Å²) in [5, 5.41) is 3.43. The van der Waals surface area contributed by atoms with E-state index in [-0.39, 0.29) is 24.0 Å². The molecule has 1 aliphatic heterocycles. The molecule has 2 aromatic carbocycles. The topological polar surface area (TPSA) is 55.3 Å². The number of para-hydroxylation sites is 1. The van der Waals surface area contributed by atoms with Gasteiger partial charge in [-0.2, -0.15) is 0 Å². The molecule has 6 nitrogen and oxygen atoms in total. The van der Waals surface area contributed by atoms with Gasteiger partial charge in [-0.15, -0.1) is 24.0 Å². The molecule has 2 aromatic rings. The third kappa shape index (κ3) is 9.04. The largest absolute Gasteiger partial charge is 0.492 e. The lowest BCUT2D eigenvalue weighted by Crippen LogP contribution is -2.40. The molecule has 3 rings (SSSR count). The highest BCUT2D eigenvalue weighted by molar-refractivity contribution is 14.0. The summed E-state index contributed by atoms with van der Waals surface area (Å²) < 4.78 is 17.2. The normalized spacial score (nSPS) is 14.6. The van der Waals surface area contributed by atoms with E-state index >= 15 is 0 Å². The zero-order valence-corrected chi connectivity index (χ0v) is 20.8. The van der Waals surface area contributed by atoms with Crippen LogP contribution in [0.15, 0.2) is 59.6 Å². The Balaban J connectivity index is 0.00000341. The lowest BCUT2D eigenvalue weighted by molar-refractivity contribution is -0.0390. The second-order valence-corrected chi connectivity index (χ2v) is 7.43. The molecule has 0 aliphatic carbocycles. The predicted molar refractivity (Wildman–Crippen MR) is 135 cm³/mol. The van der Waals surface area contributed by atoms with Gasteiger partial charge in [-0.1, -0.05) is 42.5 Å². The molecule has 0 unspecified atom stereocenters. The molecule has 0 saturated carbocycles. The van der Waals surface area contributed by atoms with E-state index in [1.807, 2.05) is 37.4 Å². The Morgan fingerprint density at radius 3 is 2.58 bits per heavy atom. The number of guanidine groups is 1. The first kappa shape index (κ1) is 25.4. The first-order chi connectivity index (χ1) is 14.7. The monoisotopic (exact) mass is 539 g/mol. The Morgan fingerprint density at radius 1 is 1.10 bits per heavy atom. The fraction of sp³-hybridized carbons (Fsp3) is 0.458. The lowest BCUT2D eigenvalue weighted by atomic mass is 10.1. The minimum Gasteiger partial charge on any atom is -0.492 e. The first-order valence-corrected chi connectivity index (χ1v) is 10.6. The van der Waals surface area contributed by atoms with E-state index in [4.69, 9.17) is 14.2 Å². The van der Waals surface area contributed by atoms with Crippen LogP contribution in [0, 0.1) is 0 Å². The predicted octanol–water partition coefficient (Wildman–Crippen LogP) is 4.09. The summed E-state index contributed by atoms with van der Waals surface area (Å²) in [6.45, 7) is 4.30. The molecule has 1 fully saturated rings. The van der Waals surface area contributed by atoms with Crippen molar-refractivity contribution in [3.05, 3.63) is 65.7 Å². The van der Waals surface area contributed by atoms with E-state index in [1.54, 1.807) is 7.05 Å². The molecule has 0 spiro atoms. The number of likely N-dealkylation sites (N-methyl/N-ethyl adjacent to an activating group) is 1. The van der Waals surface area contributed by atoms with E-state index in [0.29, 0.717) is 25.9 Å². The summed E-state index contributed by atoms with van der Waals surface area (Å²) in [4.78, 5) is 6.46. The fourth-order valence-electron chi connectivity index (χ4n) is 3.37. The number of rotatable bonds is 9. The Bertz CT molecular complexity index is 783. The van der Waals surface area contributed by atoms with Crippen molar-refractivity contribution in [2.24, 2.45) is 4.99 Å². The zero-order valence-electron chi connectivity index (χ0n) is 18.5. The van der Waals surface area contributed by atoms with Crippen molar-refractivity contribution in [2.75, 3.05) is 40.5 Å². The Labute approximate surface area is 203 Å². The van der Waals surface area contributed by atoms with Gasteiger partial charge >= 0.3 is 0 Å². The summed E-state index contributed by atoms with van der Waals surface area (Å²) in [6, 6.07) is 18.4. The number of hydrogen-bond acceptors (Lipinski definition) is 4. The molecule has 1 N–H and O–H groups in total. The third-order valence-corrected chi connectivity index (χ3v) is 5.11. The summed E-state index contributed by atoms with van der Waals surface area (Å²) in [7, 11) is 3.82. The summed E-state index contributed by atoms with van der Waals surface area (Å²) in [5.74, 6) is 1.73. The van der Waals surface area contributed by atoms with Gasteiger partial charge < -0.3 is 24.4 Å². The van der Waals surface area contributed by atoms with Crippen LogP contribution in [0.25, 0.3) is 0 Å². The van der Waals surface area contributed by atoms with Gasteiger partial charge in [0.25, 0.3) is 0 Å². The van der Waals surface area contributed by atoms with E-state index in [2.05, 4.69) is 39.5 Å². The number of halogens is 1. The van der Waals surface area contributed by atoms with Gasteiger partial charge in [-0.3, -0.25) is 4.99 Å². The maximum absolute atomic E-state index is 6.04. The minimum atomic E-state index is 0. The molecule has 0 aromatic heterocycles. The second-order valence-electron chi connectivity index (χ2n) is 7.43. The molecule has 1 saturated heterocycles. The van der Waals surface area contributed by atoms with E-state index in [0.717, 1.165) is 44.3 Å². The van der Waals surface area contributed by atoms with Crippen LogP contribution >= 0.6 is 24.0 Å². The molecule has 0 radical (unpaired) electrons. The van der Waals surface area contributed by atoms with Crippen LogP contribution in [0.2, 0.25) is 0 Å². The Morgan fingerprint density at radius 2 is 1.84 bits per heavy atom. The van der Waals surface area contributed by atoms with Crippen molar-refractivity contribution < 1.29 is 14.2 Å². The highest BCUT2D eigenvalue weighted by Gasteiger charge is 2.14. The molecular formula is C24H34IN3O3. The standard InChI is InChI=1S/C24H33N3O3.HI/c1-25-24(27(2)13-16-29-22-9-4-3-5-10-22)26-18-20-7-6-8-21(17-20)19-30-23-11-14-28-15-12-23;/h3-10,17,23H,11-16,18-19H2,1-2H3,(H,25,26);1H. The number of hydrogen-bond donors (Lipinski definition) is 1. The van der Waals surface area contributed by atoms with Gasteiger partial charge in [0, 0.05) is 33.9 Å². The molecule has 170 valence electrons. The van der Waals surface area contributed by atoms with Crippen molar-refractivity contribution in [2.45, 2.75) is 32.1 Å². The van der Waals surface area contributed by atoms with Crippen LogP contribution in [0.4, 0.5) is 0 Å². The van der Waals surface area contributed by atoms with E-state index in [9.17, 15) is 0 Å². The second kappa shape index (κ2) is 14.3. The molecule has 1 heterocycles. The molecule has 31 heavy (non-hydrogen) atoms. The minimum absolute atomic E-state index is 0. The number of nitrogens with one attached hydrogen (secondary N) is 1. The molecule has 7 heteroatoms. The summed E-state index contributed by atoms with van der Waals surface area (Å²) >= 11 is 0. The number of benzene rings is 2. The SMILES string of the molecule is CN=C(NCc1cccc(COC2CCOCC2)c1)N(C)CCOc1ccccc1.I. The van der Waals surface area contributed by atoms with E-state index < -0.39 is 0 Å². The third-order valence-electron chi connectivity index (χ3n) is 5.11. The van der Waals surface area contributed by atoms with Gasteiger partial charge in [0.15, 0.2) is 5.96 Å².